The summed E-state index contributed by atoms with van der Waals surface area (Å²) in [5.74, 6) is 0.0966. The second-order valence-electron chi connectivity index (χ2n) is 5.33. The summed E-state index contributed by atoms with van der Waals surface area (Å²) in [5.41, 5.74) is 1.49. The lowest BCUT2D eigenvalue weighted by molar-refractivity contribution is 0.0693. The van der Waals surface area contributed by atoms with Gasteiger partial charge in [-0.25, -0.2) is 4.68 Å². The summed E-state index contributed by atoms with van der Waals surface area (Å²) >= 11 is 0. The third-order valence-electron chi connectivity index (χ3n) is 4.07. The van der Waals surface area contributed by atoms with Gasteiger partial charge in [0, 0.05) is 18.2 Å². The van der Waals surface area contributed by atoms with E-state index in [4.69, 9.17) is 0 Å². The minimum absolute atomic E-state index is 0.0966. The van der Waals surface area contributed by atoms with Crippen molar-refractivity contribution in [1.29, 1.82) is 0 Å². The molecular weight excluding hydrogens is 266 g/mol. The van der Waals surface area contributed by atoms with Crippen LogP contribution in [-0.2, 0) is 0 Å². The fraction of sp³-hybridized carbons (Fsp3) is 0.467. The molecule has 0 saturated heterocycles. The van der Waals surface area contributed by atoms with Crippen LogP contribution in [0.25, 0.3) is 5.69 Å². The van der Waals surface area contributed by atoms with Gasteiger partial charge in [-0.05, 0) is 48.4 Å². The first-order valence-corrected chi connectivity index (χ1v) is 7.44. The number of hydrogen-bond donors (Lipinski definition) is 0. The zero-order valence-corrected chi connectivity index (χ0v) is 12.1. The van der Waals surface area contributed by atoms with E-state index in [2.05, 4.69) is 15.5 Å². The summed E-state index contributed by atoms with van der Waals surface area (Å²) in [6, 6.07) is 7.84. The molecule has 1 amide bonds. The number of hydrogen-bond acceptors (Lipinski definition) is 4. The van der Waals surface area contributed by atoms with E-state index >= 15 is 0 Å². The van der Waals surface area contributed by atoms with Crippen molar-refractivity contribution >= 4 is 5.91 Å². The Morgan fingerprint density at radius 1 is 1.38 bits per heavy atom. The third-order valence-corrected chi connectivity index (χ3v) is 4.07. The van der Waals surface area contributed by atoms with Crippen LogP contribution in [0.4, 0.5) is 0 Å². The van der Waals surface area contributed by atoms with Crippen molar-refractivity contribution < 1.29 is 4.79 Å². The molecule has 0 aliphatic heterocycles. The summed E-state index contributed by atoms with van der Waals surface area (Å²) in [5, 5.41) is 11.1. The van der Waals surface area contributed by atoms with Crippen molar-refractivity contribution in [2.24, 2.45) is 0 Å². The first-order chi connectivity index (χ1) is 10.3. The Morgan fingerprint density at radius 2 is 2.19 bits per heavy atom. The Kier molecular flexibility index (Phi) is 3.94. The molecule has 1 aliphatic carbocycles. The van der Waals surface area contributed by atoms with Crippen molar-refractivity contribution in [3.8, 4) is 5.69 Å². The van der Waals surface area contributed by atoms with Crippen molar-refractivity contribution in [3.05, 3.63) is 36.2 Å². The smallest absolute Gasteiger partial charge is 0.254 e. The monoisotopic (exact) mass is 285 g/mol. The highest BCUT2D eigenvalue weighted by Gasteiger charge is 2.26. The highest BCUT2D eigenvalue weighted by Crippen LogP contribution is 2.25. The maximum absolute atomic E-state index is 12.7. The molecule has 6 heteroatoms. The van der Waals surface area contributed by atoms with E-state index < -0.39 is 0 Å². The number of nitrogens with zero attached hydrogens (tertiary/aromatic N) is 5. The van der Waals surface area contributed by atoms with Crippen molar-refractivity contribution in [1.82, 2.24) is 25.1 Å². The minimum Gasteiger partial charge on any atom is -0.336 e. The van der Waals surface area contributed by atoms with E-state index in [1.807, 2.05) is 36.1 Å². The quantitative estimate of drug-likeness (QED) is 0.862. The Labute approximate surface area is 123 Å². The first-order valence-electron chi connectivity index (χ1n) is 7.44. The molecule has 0 unspecified atom stereocenters. The van der Waals surface area contributed by atoms with Gasteiger partial charge in [-0.3, -0.25) is 4.79 Å². The molecule has 0 spiro atoms. The molecule has 1 fully saturated rings. The maximum Gasteiger partial charge on any atom is 0.254 e. The normalized spacial score (nSPS) is 15.3. The predicted octanol–water partition coefficient (Wildman–Crippen LogP) is 2.07. The minimum atomic E-state index is 0.0966. The zero-order chi connectivity index (χ0) is 14.7. The lowest BCUT2D eigenvalue weighted by atomic mass is 10.1. The van der Waals surface area contributed by atoms with Gasteiger partial charge in [0.25, 0.3) is 5.91 Å². The van der Waals surface area contributed by atoms with Gasteiger partial charge in [0.1, 0.15) is 6.33 Å². The van der Waals surface area contributed by atoms with E-state index in [0.717, 1.165) is 25.1 Å². The summed E-state index contributed by atoms with van der Waals surface area (Å²) in [4.78, 5) is 14.7. The van der Waals surface area contributed by atoms with Gasteiger partial charge in [-0.2, -0.15) is 0 Å². The Bertz CT molecular complexity index is 604. The number of benzene rings is 1. The number of carbonyl (C=O) groups excluding carboxylic acids is 1. The molecule has 1 aliphatic rings. The molecule has 6 nitrogen and oxygen atoms in total. The van der Waals surface area contributed by atoms with Crippen LogP contribution >= 0.6 is 0 Å². The standard InChI is InChI=1S/C15H19N5O/c1-2-19(13-7-3-4-8-13)15(21)12-6-5-9-14(10-12)20-11-16-17-18-20/h5-6,9-11,13H,2-4,7-8H2,1H3. The average Bonchev–Trinajstić information content (AvgIpc) is 3.22. The highest BCUT2D eigenvalue weighted by molar-refractivity contribution is 5.95. The van der Waals surface area contributed by atoms with Gasteiger partial charge >= 0.3 is 0 Å². The second-order valence-corrected chi connectivity index (χ2v) is 5.33. The average molecular weight is 285 g/mol. The van der Waals surface area contributed by atoms with Gasteiger partial charge in [0.05, 0.1) is 5.69 Å². The molecule has 0 radical (unpaired) electrons. The van der Waals surface area contributed by atoms with Gasteiger partial charge in [0.2, 0.25) is 0 Å². The van der Waals surface area contributed by atoms with E-state index in [1.165, 1.54) is 19.2 Å². The fourth-order valence-corrected chi connectivity index (χ4v) is 3.01. The molecule has 3 rings (SSSR count). The van der Waals surface area contributed by atoms with Crippen LogP contribution in [0.15, 0.2) is 30.6 Å². The molecular formula is C15H19N5O. The van der Waals surface area contributed by atoms with Crippen LogP contribution < -0.4 is 0 Å². The highest BCUT2D eigenvalue weighted by atomic mass is 16.2. The first kappa shape index (κ1) is 13.7. The number of tetrazole rings is 1. The Balaban J connectivity index is 1.85. The topological polar surface area (TPSA) is 63.9 Å². The summed E-state index contributed by atoms with van der Waals surface area (Å²) in [7, 11) is 0. The Hall–Kier alpha value is -2.24. The molecule has 0 atom stereocenters. The van der Waals surface area contributed by atoms with Gasteiger partial charge in [-0.1, -0.05) is 18.9 Å². The van der Waals surface area contributed by atoms with Crippen LogP contribution in [0.3, 0.4) is 0 Å². The number of carbonyl (C=O) groups is 1. The van der Waals surface area contributed by atoms with Gasteiger partial charge < -0.3 is 4.90 Å². The largest absolute Gasteiger partial charge is 0.336 e. The maximum atomic E-state index is 12.7. The van der Waals surface area contributed by atoms with Crippen LogP contribution in [0, 0.1) is 0 Å². The SMILES string of the molecule is CCN(C(=O)c1cccc(-n2cnnn2)c1)C1CCCC1. The fourth-order valence-electron chi connectivity index (χ4n) is 3.01. The van der Waals surface area contributed by atoms with Crippen LogP contribution in [0.5, 0.6) is 0 Å². The molecule has 2 aromatic rings. The van der Waals surface area contributed by atoms with E-state index in [9.17, 15) is 4.79 Å². The third kappa shape index (κ3) is 2.79. The van der Waals surface area contributed by atoms with Gasteiger partial charge in [-0.15, -0.1) is 5.10 Å². The molecule has 0 bridgehead atoms. The lowest BCUT2D eigenvalue weighted by Crippen LogP contribution is -2.38. The summed E-state index contributed by atoms with van der Waals surface area (Å²) in [6.07, 6.45) is 6.20. The van der Waals surface area contributed by atoms with E-state index in [1.54, 1.807) is 4.68 Å². The number of amides is 1. The molecule has 1 saturated carbocycles. The van der Waals surface area contributed by atoms with E-state index in [0.29, 0.717) is 11.6 Å². The molecule has 1 heterocycles. The molecule has 1 aromatic heterocycles. The second kappa shape index (κ2) is 6.03. The lowest BCUT2D eigenvalue weighted by Gasteiger charge is -2.27. The van der Waals surface area contributed by atoms with Crippen molar-refractivity contribution in [2.45, 2.75) is 38.6 Å². The van der Waals surface area contributed by atoms with Crippen LogP contribution in [-0.4, -0.2) is 43.6 Å². The molecule has 110 valence electrons. The number of aromatic nitrogens is 4. The number of rotatable bonds is 4. The summed E-state index contributed by atoms with van der Waals surface area (Å²) in [6.45, 7) is 2.79. The van der Waals surface area contributed by atoms with Crippen LogP contribution in [0.2, 0.25) is 0 Å². The zero-order valence-electron chi connectivity index (χ0n) is 12.1. The predicted molar refractivity (Wildman–Crippen MR) is 78.1 cm³/mol. The molecule has 21 heavy (non-hydrogen) atoms. The Morgan fingerprint density at radius 3 is 2.86 bits per heavy atom. The van der Waals surface area contributed by atoms with Crippen molar-refractivity contribution in [3.63, 3.8) is 0 Å². The van der Waals surface area contributed by atoms with Crippen molar-refractivity contribution in [2.75, 3.05) is 6.54 Å². The van der Waals surface area contributed by atoms with Gasteiger partial charge in [0.15, 0.2) is 0 Å². The van der Waals surface area contributed by atoms with E-state index in [-0.39, 0.29) is 5.91 Å². The molecule has 0 N–H and O–H groups in total. The summed E-state index contributed by atoms with van der Waals surface area (Å²) < 4.78 is 1.56. The molecule has 1 aromatic carbocycles. The van der Waals surface area contributed by atoms with Crippen LogP contribution in [0.1, 0.15) is 43.0 Å².